The number of alkyl halides is 3. The van der Waals surface area contributed by atoms with Gasteiger partial charge in [-0.3, -0.25) is 5.10 Å². The Hall–Kier alpha value is -4.03. The minimum absolute atomic E-state index is 0.0680. The summed E-state index contributed by atoms with van der Waals surface area (Å²) in [6.07, 6.45) is -1.67. The van der Waals surface area contributed by atoms with Crippen LogP contribution >= 0.6 is 23.2 Å². The molecule has 0 unspecified atom stereocenters. The highest BCUT2D eigenvalue weighted by atomic mass is 35.5. The average Bonchev–Trinajstić information content (AvgIpc) is 3.32. The Morgan fingerprint density at radius 2 is 1.69 bits per heavy atom. The van der Waals surface area contributed by atoms with Crippen molar-refractivity contribution in [3.63, 3.8) is 0 Å². The van der Waals surface area contributed by atoms with Gasteiger partial charge in [0, 0.05) is 23.1 Å². The van der Waals surface area contributed by atoms with E-state index < -0.39 is 22.8 Å². The van der Waals surface area contributed by atoms with Crippen LogP contribution in [0.5, 0.6) is 0 Å². The molecule has 2 heterocycles. The second-order valence-electron chi connectivity index (χ2n) is 7.41. The number of benzene rings is 2. The summed E-state index contributed by atoms with van der Waals surface area (Å²) < 4.78 is 39.2. The molecule has 14 heteroatoms. The summed E-state index contributed by atoms with van der Waals surface area (Å²) in [5.74, 6) is 1.15. The SMILES string of the molecule is Cc1ccc(NC(=O)Nc2ccc(Cl)c(C(F)(F)F)c2)cc1Nc1ncc(Cl)c(Nc2ccn[nH]2)n1. The van der Waals surface area contributed by atoms with Crippen LogP contribution in [0, 0.1) is 6.92 Å². The zero-order valence-corrected chi connectivity index (χ0v) is 19.8. The Labute approximate surface area is 212 Å². The normalized spacial score (nSPS) is 11.2. The van der Waals surface area contributed by atoms with E-state index in [9.17, 15) is 18.0 Å². The van der Waals surface area contributed by atoms with E-state index in [1.807, 2.05) is 6.92 Å². The van der Waals surface area contributed by atoms with E-state index in [0.717, 1.165) is 17.7 Å². The summed E-state index contributed by atoms with van der Waals surface area (Å²) in [4.78, 5) is 20.9. The molecule has 0 saturated heterocycles. The maximum Gasteiger partial charge on any atom is 0.417 e. The number of nitrogens with one attached hydrogen (secondary N) is 5. The monoisotopic (exact) mass is 536 g/mol. The van der Waals surface area contributed by atoms with Crippen LogP contribution < -0.4 is 21.3 Å². The molecule has 0 fully saturated rings. The van der Waals surface area contributed by atoms with Crippen LogP contribution in [0.2, 0.25) is 10.0 Å². The fraction of sp³-hybridized carbons (Fsp3) is 0.0909. The topological polar surface area (TPSA) is 120 Å². The Bertz CT molecular complexity index is 1400. The van der Waals surface area contributed by atoms with Crippen molar-refractivity contribution >= 4 is 63.9 Å². The van der Waals surface area contributed by atoms with E-state index in [4.69, 9.17) is 23.2 Å². The molecular weight excluding hydrogens is 520 g/mol. The molecule has 0 aliphatic carbocycles. The first-order valence-corrected chi connectivity index (χ1v) is 11.0. The molecule has 0 bridgehead atoms. The number of aromatic nitrogens is 4. The van der Waals surface area contributed by atoms with Crippen LogP contribution in [-0.4, -0.2) is 26.2 Å². The first-order chi connectivity index (χ1) is 17.1. The number of aromatic amines is 1. The summed E-state index contributed by atoms with van der Waals surface area (Å²) in [6.45, 7) is 1.83. The van der Waals surface area contributed by atoms with Gasteiger partial charge in [0.1, 0.15) is 10.8 Å². The Morgan fingerprint density at radius 1 is 0.972 bits per heavy atom. The van der Waals surface area contributed by atoms with Gasteiger partial charge in [0.2, 0.25) is 5.95 Å². The van der Waals surface area contributed by atoms with E-state index in [2.05, 4.69) is 41.4 Å². The summed E-state index contributed by atoms with van der Waals surface area (Å²) in [5, 5.41) is 17.4. The zero-order valence-electron chi connectivity index (χ0n) is 18.3. The van der Waals surface area contributed by atoms with Gasteiger partial charge in [-0.1, -0.05) is 29.3 Å². The number of amides is 2. The van der Waals surface area contributed by atoms with Crippen molar-refractivity contribution in [2.45, 2.75) is 13.1 Å². The lowest BCUT2D eigenvalue weighted by Crippen LogP contribution is -2.20. The molecule has 0 atom stereocenters. The van der Waals surface area contributed by atoms with Crippen LogP contribution in [0.25, 0.3) is 0 Å². The molecule has 0 radical (unpaired) electrons. The number of aryl methyl sites for hydroxylation is 1. The highest BCUT2D eigenvalue weighted by Crippen LogP contribution is 2.36. The van der Waals surface area contributed by atoms with Crippen molar-refractivity contribution < 1.29 is 18.0 Å². The molecular formula is C22H17Cl2F3N8O. The number of anilines is 6. The largest absolute Gasteiger partial charge is 0.417 e. The fourth-order valence-electron chi connectivity index (χ4n) is 3.04. The van der Waals surface area contributed by atoms with Crippen LogP contribution in [0.4, 0.5) is 52.6 Å². The molecule has 0 spiro atoms. The number of hydrogen-bond acceptors (Lipinski definition) is 6. The Kier molecular flexibility index (Phi) is 7.17. The Balaban J connectivity index is 1.47. The van der Waals surface area contributed by atoms with Crippen LogP contribution in [-0.2, 0) is 6.18 Å². The van der Waals surface area contributed by atoms with Gasteiger partial charge in [0.25, 0.3) is 0 Å². The maximum atomic E-state index is 13.1. The molecule has 0 aliphatic heterocycles. The number of carbonyl (C=O) groups is 1. The predicted octanol–water partition coefficient (Wildman–Crippen LogP) is 6.96. The van der Waals surface area contributed by atoms with Gasteiger partial charge < -0.3 is 21.3 Å². The van der Waals surface area contributed by atoms with Crippen molar-refractivity contribution in [1.29, 1.82) is 0 Å². The number of urea groups is 1. The lowest BCUT2D eigenvalue weighted by Gasteiger charge is -2.14. The molecule has 9 nitrogen and oxygen atoms in total. The van der Waals surface area contributed by atoms with Crippen LogP contribution in [0.15, 0.2) is 54.9 Å². The lowest BCUT2D eigenvalue weighted by atomic mass is 10.2. The molecule has 36 heavy (non-hydrogen) atoms. The molecule has 0 aliphatic rings. The summed E-state index contributed by atoms with van der Waals surface area (Å²) in [6, 6.07) is 9.05. The maximum absolute atomic E-state index is 13.1. The highest BCUT2D eigenvalue weighted by molar-refractivity contribution is 6.33. The third kappa shape index (κ3) is 6.15. The Morgan fingerprint density at radius 3 is 2.39 bits per heavy atom. The van der Waals surface area contributed by atoms with Crippen LogP contribution in [0.3, 0.4) is 0 Å². The van der Waals surface area contributed by atoms with E-state index >= 15 is 0 Å². The fourth-order valence-corrected chi connectivity index (χ4v) is 3.40. The second kappa shape index (κ2) is 10.3. The molecule has 0 saturated carbocycles. The van der Waals surface area contributed by atoms with Gasteiger partial charge in [-0.15, -0.1) is 0 Å². The lowest BCUT2D eigenvalue weighted by molar-refractivity contribution is -0.137. The van der Waals surface area contributed by atoms with Crippen molar-refractivity contribution in [1.82, 2.24) is 20.2 Å². The number of H-pyrrole nitrogens is 1. The number of halogens is 5. The van der Waals surface area contributed by atoms with Gasteiger partial charge >= 0.3 is 12.2 Å². The molecule has 2 aromatic heterocycles. The van der Waals surface area contributed by atoms with Crippen molar-refractivity contribution in [3.05, 3.63) is 76.0 Å². The van der Waals surface area contributed by atoms with Gasteiger partial charge in [-0.05, 0) is 42.8 Å². The highest BCUT2D eigenvalue weighted by Gasteiger charge is 2.33. The molecule has 5 N–H and O–H groups in total. The molecule has 2 amide bonds. The minimum atomic E-state index is -4.65. The quantitative estimate of drug-likeness (QED) is 0.181. The zero-order chi connectivity index (χ0) is 25.9. The third-order valence-electron chi connectivity index (χ3n) is 4.77. The minimum Gasteiger partial charge on any atom is -0.324 e. The third-order valence-corrected chi connectivity index (χ3v) is 5.38. The van der Waals surface area contributed by atoms with Crippen molar-refractivity contribution in [3.8, 4) is 0 Å². The van der Waals surface area contributed by atoms with Gasteiger partial charge in [0.05, 0.1) is 23.0 Å². The average molecular weight is 537 g/mol. The number of carbonyl (C=O) groups excluding carboxylic acids is 1. The summed E-state index contributed by atoms with van der Waals surface area (Å²) >= 11 is 11.8. The van der Waals surface area contributed by atoms with Gasteiger partial charge in [-0.2, -0.15) is 23.3 Å². The van der Waals surface area contributed by atoms with E-state index in [1.165, 1.54) is 12.3 Å². The van der Waals surface area contributed by atoms with Gasteiger partial charge in [-0.25, -0.2) is 9.78 Å². The summed E-state index contributed by atoms with van der Waals surface area (Å²) in [7, 11) is 0. The number of nitrogens with zero attached hydrogens (tertiary/aromatic N) is 3. The first kappa shape index (κ1) is 25.1. The second-order valence-corrected chi connectivity index (χ2v) is 8.23. The first-order valence-electron chi connectivity index (χ1n) is 10.2. The standard InChI is InChI=1S/C22H17Cl2F3N8O/c1-11-2-3-13(31-21(36)30-12-4-5-15(23)14(8-12)22(25,26)27)9-17(11)32-20-28-10-16(24)19(34-20)33-18-6-7-29-35-18/h2-10H,1H3,(H2,30,31,36)(H3,28,29,32,33,34,35). The number of hydrogen-bond donors (Lipinski definition) is 5. The van der Waals surface area contributed by atoms with Crippen molar-refractivity contribution in [2.24, 2.45) is 0 Å². The van der Waals surface area contributed by atoms with Gasteiger partial charge in [0.15, 0.2) is 5.82 Å². The number of rotatable bonds is 6. The summed E-state index contributed by atoms with van der Waals surface area (Å²) in [5.41, 5.74) is 0.647. The predicted molar refractivity (Wildman–Crippen MR) is 132 cm³/mol. The smallest absolute Gasteiger partial charge is 0.324 e. The molecule has 4 aromatic rings. The van der Waals surface area contributed by atoms with Crippen LogP contribution in [0.1, 0.15) is 11.1 Å². The molecule has 4 rings (SSSR count). The van der Waals surface area contributed by atoms with E-state index in [1.54, 1.807) is 30.5 Å². The van der Waals surface area contributed by atoms with E-state index in [-0.39, 0.29) is 16.7 Å². The molecule has 186 valence electrons. The van der Waals surface area contributed by atoms with E-state index in [0.29, 0.717) is 23.0 Å². The van der Waals surface area contributed by atoms with Crippen molar-refractivity contribution in [2.75, 3.05) is 21.3 Å². The molecule has 2 aromatic carbocycles.